The molecule has 1 aliphatic rings. The van der Waals surface area contributed by atoms with E-state index in [4.69, 9.17) is 5.73 Å². The fraction of sp³-hybridized carbons (Fsp3) is 0.333. The molecule has 2 aromatic rings. The van der Waals surface area contributed by atoms with E-state index in [1.807, 2.05) is 39.8 Å². The quantitative estimate of drug-likeness (QED) is 0.929. The van der Waals surface area contributed by atoms with E-state index in [0.717, 1.165) is 25.2 Å². The van der Waals surface area contributed by atoms with E-state index in [1.165, 1.54) is 0 Å². The highest BCUT2D eigenvalue weighted by atomic mass is 35.5. The highest BCUT2D eigenvalue weighted by Gasteiger charge is 2.27. The van der Waals surface area contributed by atoms with Crippen LogP contribution in [0.15, 0.2) is 42.9 Å². The van der Waals surface area contributed by atoms with Crippen LogP contribution in [0, 0.1) is 5.92 Å². The zero-order valence-electron chi connectivity index (χ0n) is 12.1. The average molecular weight is 343 g/mol. The summed E-state index contributed by atoms with van der Waals surface area (Å²) in [5, 5.41) is 0. The molecular weight excluding hydrogens is 323 g/mol. The minimum absolute atomic E-state index is 0. The molecule has 0 radical (unpaired) electrons. The van der Waals surface area contributed by atoms with E-state index in [9.17, 15) is 4.79 Å². The summed E-state index contributed by atoms with van der Waals surface area (Å²) in [6.45, 7) is 2.16. The molecule has 3 rings (SSSR count). The lowest BCUT2D eigenvalue weighted by atomic mass is 10.1. The van der Waals surface area contributed by atoms with Gasteiger partial charge in [0.15, 0.2) is 0 Å². The van der Waals surface area contributed by atoms with Crippen molar-refractivity contribution in [3.63, 3.8) is 0 Å². The van der Waals surface area contributed by atoms with Gasteiger partial charge in [-0.2, -0.15) is 0 Å². The summed E-state index contributed by atoms with van der Waals surface area (Å²) in [7, 11) is 0. The predicted octanol–water partition coefficient (Wildman–Crippen LogP) is 2.14. The number of rotatable bonds is 3. The second-order valence-electron chi connectivity index (χ2n) is 5.13. The summed E-state index contributed by atoms with van der Waals surface area (Å²) in [6.07, 6.45) is 4.30. The Kier molecular flexibility index (Phi) is 6.87. The molecule has 5 nitrogen and oxygen atoms in total. The van der Waals surface area contributed by atoms with Crippen LogP contribution in [0.1, 0.15) is 16.9 Å². The zero-order chi connectivity index (χ0) is 13.9. The number of halogens is 2. The zero-order valence-corrected chi connectivity index (χ0v) is 13.7. The molecule has 1 saturated heterocycles. The maximum atomic E-state index is 12.6. The van der Waals surface area contributed by atoms with E-state index >= 15 is 0 Å². The Labute approximate surface area is 142 Å². The third-order valence-corrected chi connectivity index (χ3v) is 3.80. The maximum absolute atomic E-state index is 12.6. The van der Waals surface area contributed by atoms with Gasteiger partial charge in [-0.1, -0.05) is 18.2 Å². The first-order valence-electron chi connectivity index (χ1n) is 6.86. The summed E-state index contributed by atoms with van der Waals surface area (Å²) in [6, 6.07) is 9.78. The normalized spacial score (nSPS) is 16.8. The van der Waals surface area contributed by atoms with Gasteiger partial charge in [-0.15, -0.1) is 24.8 Å². The molecule has 1 aromatic carbocycles. The lowest BCUT2D eigenvalue weighted by molar-refractivity contribution is 0.0779. The fourth-order valence-corrected chi connectivity index (χ4v) is 2.62. The van der Waals surface area contributed by atoms with Crippen molar-refractivity contribution in [2.45, 2.75) is 6.42 Å². The van der Waals surface area contributed by atoms with Crippen LogP contribution in [0.25, 0.3) is 5.69 Å². The molecule has 1 atom stereocenters. The third-order valence-electron chi connectivity index (χ3n) is 3.80. The molecule has 1 aromatic heterocycles. The summed E-state index contributed by atoms with van der Waals surface area (Å²) in [4.78, 5) is 18.6. The molecule has 0 saturated carbocycles. The van der Waals surface area contributed by atoms with Crippen molar-refractivity contribution in [3.05, 3.63) is 48.5 Å². The second-order valence-corrected chi connectivity index (χ2v) is 5.13. The first-order valence-corrected chi connectivity index (χ1v) is 6.86. The van der Waals surface area contributed by atoms with E-state index < -0.39 is 0 Å². The van der Waals surface area contributed by atoms with E-state index in [2.05, 4.69) is 4.98 Å². The fourth-order valence-electron chi connectivity index (χ4n) is 2.62. The van der Waals surface area contributed by atoms with Crippen molar-refractivity contribution >= 4 is 30.7 Å². The number of likely N-dealkylation sites (tertiary alicyclic amines) is 1. The summed E-state index contributed by atoms with van der Waals surface area (Å²) in [5.41, 5.74) is 7.23. The molecule has 2 heterocycles. The van der Waals surface area contributed by atoms with E-state index in [-0.39, 0.29) is 30.7 Å². The number of amides is 1. The van der Waals surface area contributed by atoms with Crippen molar-refractivity contribution in [1.82, 2.24) is 14.5 Å². The number of hydrogen-bond donors (Lipinski definition) is 1. The molecule has 0 bridgehead atoms. The molecular formula is C15H20Cl2N4O. The van der Waals surface area contributed by atoms with Crippen LogP contribution in [0.4, 0.5) is 0 Å². The van der Waals surface area contributed by atoms with E-state index in [1.54, 1.807) is 12.5 Å². The highest BCUT2D eigenvalue weighted by molar-refractivity contribution is 5.93. The van der Waals surface area contributed by atoms with Crippen LogP contribution in [-0.4, -0.2) is 40.0 Å². The number of carbonyl (C=O) groups excluding carboxylic acids is 1. The van der Waals surface area contributed by atoms with E-state index in [0.29, 0.717) is 18.2 Å². The molecule has 1 fully saturated rings. The van der Waals surface area contributed by atoms with Gasteiger partial charge in [-0.3, -0.25) is 9.36 Å². The Morgan fingerprint density at radius 3 is 2.64 bits per heavy atom. The van der Waals surface area contributed by atoms with Gasteiger partial charge in [0.05, 0.1) is 12.5 Å². The molecule has 7 heteroatoms. The number of imidazole rings is 1. The van der Waals surface area contributed by atoms with Gasteiger partial charge in [-0.05, 0) is 31.0 Å². The number of aromatic nitrogens is 2. The molecule has 1 aliphatic heterocycles. The number of carbonyl (C=O) groups is 1. The Morgan fingerprint density at radius 2 is 2.00 bits per heavy atom. The third kappa shape index (κ3) is 3.61. The van der Waals surface area contributed by atoms with Gasteiger partial charge in [0.2, 0.25) is 0 Å². The highest BCUT2D eigenvalue weighted by Crippen LogP contribution is 2.19. The summed E-state index contributed by atoms with van der Waals surface area (Å²) >= 11 is 0. The van der Waals surface area contributed by atoms with Crippen molar-refractivity contribution in [1.29, 1.82) is 0 Å². The first-order chi connectivity index (χ1) is 9.79. The smallest absolute Gasteiger partial charge is 0.272 e. The topological polar surface area (TPSA) is 64.2 Å². The van der Waals surface area contributed by atoms with Crippen LogP contribution in [-0.2, 0) is 0 Å². The van der Waals surface area contributed by atoms with Gasteiger partial charge in [0, 0.05) is 18.8 Å². The van der Waals surface area contributed by atoms with Gasteiger partial charge in [0.25, 0.3) is 5.91 Å². The van der Waals surface area contributed by atoms with Crippen molar-refractivity contribution in [2.75, 3.05) is 19.6 Å². The molecule has 120 valence electrons. The lowest BCUT2D eigenvalue weighted by Gasteiger charge is -2.17. The molecule has 1 amide bonds. The molecule has 1 unspecified atom stereocenters. The van der Waals surface area contributed by atoms with Crippen molar-refractivity contribution in [2.24, 2.45) is 11.7 Å². The predicted molar refractivity (Wildman–Crippen MR) is 91.1 cm³/mol. The number of benzene rings is 1. The largest absolute Gasteiger partial charge is 0.337 e. The molecule has 2 N–H and O–H groups in total. The number of hydrogen-bond acceptors (Lipinski definition) is 3. The Bertz CT molecular complexity index is 603. The SMILES string of the molecule is Cl.Cl.NCC1CCN(C(=O)c2cncn2-c2ccccc2)C1. The number of nitrogens with zero attached hydrogens (tertiary/aromatic N) is 3. The Morgan fingerprint density at radius 1 is 1.27 bits per heavy atom. The lowest BCUT2D eigenvalue weighted by Crippen LogP contribution is -2.31. The van der Waals surface area contributed by atoms with Crippen LogP contribution in [0.2, 0.25) is 0 Å². The second kappa shape index (κ2) is 8.17. The van der Waals surface area contributed by atoms with Gasteiger partial charge in [-0.25, -0.2) is 4.98 Å². The maximum Gasteiger partial charge on any atom is 0.272 e. The molecule has 0 spiro atoms. The van der Waals surface area contributed by atoms with Gasteiger partial charge < -0.3 is 10.6 Å². The number of nitrogens with two attached hydrogens (primary N) is 1. The number of para-hydroxylation sites is 1. The Hall–Kier alpha value is -1.56. The minimum Gasteiger partial charge on any atom is -0.337 e. The van der Waals surface area contributed by atoms with Crippen LogP contribution in [0.3, 0.4) is 0 Å². The minimum atomic E-state index is 0. The summed E-state index contributed by atoms with van der Waals surface area (Å²) in [5.74, 6) is 0.453. The average Bonchev–Trinajstić information content (AvgIpc) is 3.16. The van der Waals surface area contributed by atoms with Crippen LogP contribution < -0.4 is 5.73 Å². The Balaban J connectivity index is 0.00000121. The van der Waals surface area contributed by atoms with Crippen LogP contribution >= 0.6 is 24.8 Å². The standard InChI is InChI=1S/C15H18N4O.2ClH/c16-8-12-6-7-18(10-12)15(20)14-9-17-11-19(14)13-4-2-1-3-5-13;;/h1-5,9,11-12H,6-8,10,16H2;2*1H. The van der Waals surface area contributed by atoms with Crippen molar-refractivity contribution in [3.8, 4) is 5.69 Å². The van der Waals surface area contributed by atoms with Crippen molar-refractivity contribution < 1.29 is 4.79 Å². The first kappa shape index (κ1) is 18.5. The van der Waals surface area contributed by atoms with Gasteiger partial charge >= 0.3 is 0 Å². The van der Waals surface area contributed by atoms with Crippen LogP contribution in [0.5, 0.6) is 0 Å². The molecule has 0 aliphatic carbocycles. The molecule has 22 heavy (non-hydrogen) atoms. The summed E-state index contributed by atoms with van der Waals surface area (Å²) < 4.78 is 1.83. The van der Waals surface area contributed by atoms with Gasteiger partial charge in [0.1, 0.15) is 5.69 Å². The monoisotopic (exact) mass is 342 g/mol.